The predicted molar refractivity (Wildman–Crippen MR) is 56.0 cm³/mol. The van der Waals surface area contributed by atoms with Crippen LogP contribution in [0.25, 0.3) is 11.5 Å². The summed E-state index contributed by atoms with van der Waals surface area (Å²) in [7, 11) is 1.53. The van der Waals surface area contributed by atoms with Crippen molar-refractivity contribution in [3.8, 4) is 17.3 Å². The molecule has 0 aliphatic rings. The van der Waals surface area contributed by atoms with Gasteiger partial charge in [0.2, 0.25) is 5.76 Å². The zero-order valence-electron chi connectivity index (χ0n) is 9.19. The van der Waals surface area contributed by atoms with Crippen LogP contribution < -0.4 is 10.5 Å². The quantitative estimate of drug-likeness (QED) is 0.836. The number of ether oxygens (including phenoxy) is 1. The first-order valence-electron chi connectivity index (χ1n) is 4.92. The zero-order chi connectivity index (χ0) is 11.5. The lowest BCUT2D eigenvalue weighted by Gasteiger charge is -1.92. The third-order valence-electron chi connectivity index (χ3n) is 2.05. The van der Waals surface area contributed by atoms with Crippen LogP contribution in [0.5, 0.6) is 5.88 Å². The highest BCUT2D eigenvalue weighted by Crippen LogP contribution is 2.30. The predicted octanol–water partition coefficient (Wildman–Crippen LogP) is 1.15. The molecular weight excluding hydrogens is 210 g/mol. The van der Waals surface area contributed by atoms with E-state index >= 15 is 0 Å². The van der Waals surface area contributed by atoms with Crippen molar-refractivity contribution >= 4 is 0 Å². The van der Waals surface area contributed by atoms with Gasteiger partial charge in [0.25, 0.3) is 5.88 Å². The summed E-state index contributed by atoms with van der Waals surface area (Å²) in [5.41, 5.74) is 6.00. The Hall–Kier alpha value is -1.82. The smallest absolute Gasteiger partial charge is 0.262 e. The number of hydrogen-bond acceptors (Lipinski definition) is 6. The van der Waals surface area contributed by atoms with Gasteiger partial charge in [-0.3, -0.25) is 0 Å². The van der Waals surface area contributed by atoms with Gasteiger partial charge in [-0.1, -0.05) is 5.16 Å². The Morgan fingerprint density at radius 2 is 2.31 bits per heavy atom. The molecule has 2 N–H and O–H groups in total. The standard InChI is InChI=1S/C10H13N3O3/c1-6-5-7(13-16-6)9-10(14-2)12-8(15-9)3-4-11/h5H,3-4,11H2,1-2H3. The second-order valence-corrected chi connectivity index (χ2v) is 3.31. The highest BCUT2D eigenvalue weighted by Gasteiger charge is 2.18. The minimum absolute atomic E-state index is 0.400. The van der Waals surface area contributed by atoms with Crippen molar-refractivity contribution in [2.45, 2.75) is 13.3 Å². The summed E-state index contributed by atoms with van der Waals surface area (Å²) in [4.78, 5) is 4.15. The minimum Gasteiger partial charge on any atom is -0.478 e. The van der Waals surface area contributed by atoms with Crippen LogP contribution in [0.15, 0.2) is 15.0 Å². The first-order chi connectivity index (χ1) is 7.74. The number of aryl methyl sites for hydroxylation is 1. The van der Waals surface area contributed by atoms with Crippen LogP contribution in [0.3, 0.4) is 0 Å². The molecule has 6 heteroatoms. The van der Waals surface area contributed by atoms with Crippen LogP contribution in [0, 0.1) is 6.92 Å². The molecule has 2 aromatic heterocycles. The molecule has 0 saturated heterocycles. The lowest BCUT2D eigenvalue weighted by molar-refractivity contribution is 0.388. The van der Waals surface area contributed by atoms with Crippen molar-refractivity contribution in [2.75, 3.05) is 13.7 Å². The Morgan fingerprint density at radius 1 is 1.50 bits per heavy atom. The lowest BCUT2D eigenvalue weighted by atomic mass is 10.3. The number of oxazole rings is 1. The third-order valence-corrected chi connectivity index (χ3v) is 2.05. The van der Waals surface area contributed by atoms with E-state index in [1.807, 2.05) is 0 Å². The number of rotatable bonds is 4. The van der Waals surface area contributed by atoms with E-state index in [2.05, 4.69) is 10.1 Å². The largest absolute Gasteiger partial charge is 0.478 e. The molecule has 0 aliphatic heterocycles. The highest BCUT2D eigenvalue weighted by molar-refractivity contribution is 5.57. The molecule has 6 nitrogen and oxygen atoms in total. The lowest BCUT2D eigenvalue weighted by Crippen LogP contribution is -2.02. The summed E-state index contributed by atoms with van der Waals surface area (Å²) in [6.45, 7) is 2.28. The van der Waals surface area contributed by atoms with E-state index < -0.39 is 0 Å². The van der Waals surface area contributed by atoms with E-state index in [0.717, 1.165) is 0 Å². The molecule has 0 radical (unpaired) electrons. The summed E-state index contributed by atoms with van der Waals surface area (Å²) in [5, 5.41) is 3.85. The molecule has 0 fully saturated rings. The zero-order valence-corrected chi connectivity index (χ0v) is 9.19. The van der Waals surface area contributed by atoms with Crippen molar-refractivity contribution in [3.05, 3.63) is 17.7 Å². The number of methoxy groups -OCH3 is 1. The molecule has 0 spiro atoms. The van der Waals surface area contributed by atoms with Crippen LogP contribution in [-0.4, -0.2) is 23.8 Å². The maximum atomic E-state index is 5.51. The number of nitrogens with two attached hydrogens (primary N) is 1. The summed E-state index contributed by atoms with van der Waals surface area (Å²) >= 11 is 0. The van der Waals surface area contributed by atoms with E-state index in [1.54, 1.807) is 13.0 Å². The van der Waals surface area contributed by atoms with Gasteiger partial charge in [0.1, 0.15) is 5.76 Å². The average molecular weight is 223 g/mol. The number of hydrogen-bond donors (Lipinski definition) is 1. The van der Waals surface area contributed by atoms with Gasteiger partial charge >= 0.3 is 0 Å². The van der Waals surface area contributed by atoms with Crippen LogP contribution in [0.1, 0.15) is 11.7 Å². The van der Waals surface area contributed by atoms with Crippen LogP contribution >= 0.6 is 0 Å². The van der Waals surface area contributed by atoms with Gasteiger partial charge in [-0.2, -0.15) is 4.98 Å². The molecule has 0 unspecified atom stereocenters. The minimum atomic E-state index is 0.400. The number of nitrogens with zero attached hydrogens (tertiary/aromatic N) is 2. The van der Waals surface area contributed by atoms with Gasteiger partial charge in [-0.25, -0.2) is 0 Å². The van der Waals surface area contributed by atoms with Gasteiger partial charge in [0, 0.05) is 19.0 Å². The Labute approximate surface area is 92.4 Å². The molecule has 0 bridgehead atoms. The maximum absolute atomic E-state index is 5.51. The normalized spacial score (nSPS) is 10.7. The first-order valence-corrected chi connectivity index (χ1v) is 4.92. The van der Waals surface area contributed by atoms with E-state index in [0.29, 0.717) is 42.0 Å². The Balaban J connectivity index is 2.38. The molecule has 0 atom stereocenters. The van der Waals surface area contributed by atoms with E-state index in [-0.39, 0.29) is 0 Å². The van der Waals surface area contributed by atoms with E-state index in [4.69, 9.17) is 19.4 Å². The fourth-order valence-electron chi connectivity index (χ4n) is 1.35. The van der Waals surface area contributed by atoms with Crippen LogP contribution in [0.4, 0.5) is 0 Å². The fourth-order valence-corrected chi connectivity index (χ4v) is 1.35. The second kappa shape index (κ2) is 4.36. The van der Waals surface area contributed by atoms with Gasteiger partial charge in [0.05, 0.1) is 7.11 Å². The average Bonchev–Trinajstić information content (AvgIpc) is 2.84. The molecule has 2 heterocycles. The fraction of sp³-hybridized carbons (Fsp3) is 0.400. The van der Waals surface area contributed by atoms with Gasteiger partial charge in [-0.15, -0.1) is 0 Å². The van der Waals surface area contributed by atoms with Crippen LogP contribution in [-0.2, 0) is 6.42 Å². The van der Waals surface area contributed by atoms with Crippen molar-refractivity contribution in [2.24, 2.45) is 5.73 Å². The third kappa shape index (κ3) is 1.92. The molecule has 2 aromatic rings. The molecule has 2 rings (SSSR count). The molecule has 86 valence electrons. The molecular formula is C10H13N3O3. The molecule has 0 saturated carbocycles. The summed E-state index contributed by atoms with van der Waals surface area (Å²) in [6.07, 6.45) is 0.563. The van der Waals surface area contributed by atoms with Gasteiger partial charge < -0.3 is 19.4 Å². The number of aromatic nitrogens is 2. The van der Waals surface area contributed by atoms with Gasteiger partial charge in [0.15, 0.2) is 11.6 Å². The van der Waals surface area contributed by atoms with Gasteiger partial charge in [-0.05, 0) is 6.92 Å². The van der Waals surface area contributed by atoms with E-state index in [1.165, 1.54) is 7.11 Å². The Bertz CT molecular complexity index is 475. The SMILES string of the molecule is COc1nc(CCN)oc1-c1cc(C)on1. The van der Waals surface area contributed by atoms with Crippen LogP contribution in [0.2, 0.25) is 0 Å². The summed E-state index contributed by atoms with van der Waals surface area (Å²) < 4.78 is 15.6. The molecule has 0 aromatic carbocycles. The second-order valence-electron chi connectivity index (χ2n) is 3.31. The van der Waals surface area contributed by atoms with E-state index in [9.17, 15) is 0 Å². The Kier molecular flexibility index (Phi) is 2.91. The maximum Gasteiger partial charge on any atom is 0.262 e. The topological polar surface area (TPSA) is 87.3 Å². The molecule has 16 heavy (non-hydrogen) atoms. The van der Waals surface area contributed by atoms with Crippen molar-refractivity contribution in [1.82, 2.24) is 10.1 Å². The van der Waals surface area contributed by atoms with Crippen molar-refractivity contribution < 1.29 is 13.7 Å². The molecule has 0 aliphatic carbocycles. The van der Waals surface area contributed by atoms with Crippen molar-refractivity contribution in [3.63, 3.8) is 0 Å². The monoisotopic (exact) mass is 223 g/mol. The molecule has 0 amide bonds. The summed E-state index contributed by atoms with van der Waals surface area (Å²) in [6, 6.07) is 1.76. The van der Waals surface area contributed by atoms with Crippen molar-refractivity contribution in [1.29, 1.82) is 0 Å². The first kappa shape index (κ1) is 10.7. The summed E-state index contributed by atoms with van der Waals surface area (Å²) in [5.74, 6) is 2.11. The highest BCUT2D eigenvalue weighted by atomic mass is 16.5. The Morgan fingerprint density at radius 3 is 2.88 bits per heavy atom.